The molecule has 1 aromatic carbocycles. The highest BCUT2D eigenvalue weighted by Crippen LogP contribution is 2.33. The van der Waals surface area contributed by atoms with Crippen molar-refractivity contribution >= 4 is 27.3 Å². The molecule has 2 aliphatic heterocycles. The van der Waals surface area contributed by atoms with Crippen LogP contribution in [-0.4, -0.2) is 42.0 Å². The molecule has 3 rings (SSSR count). The van der Waals surface area contributed by atoms with Crippen LogP contribution in [0.3, 0.4) is 0 Å². The van der Waals surface area contributed by atoms with Crippen LogP contribution in [0.25, 0.3) is 0 Å². The van der Waals surface area contributed by atoms with Gasteiger partial charge < -0.3 is 4.90 Å². The summed E-state index contributed by atoms with van der Waals surface area (Å²) in [5.41, 5.74) is 0.951. The van der Waals surface area contributed by atoms with Crippen molar-refractivity contribution in [2.45, 2.75) is 25.3 Å². The molecule has 1 aromatic rings. The lowest BCUT2D eigenvalue weighted by Crippen LogP contribution is -2.55. The third-order valence-electron chi connectivity index (χ3n) is 4.31. The number of nitrogens with zero attached hydrogens (tertiary/aromatic N) is 3. The zero-order valence-electron chi connectivity index (χ0n) is 11.3. The number of nitro groups is 1. The molecule has 108 valence electrons. The van der Waals surface area contributed by atoms with Crippen LogP contribution in [0.1, 0.15) is 19.3 Å². The van der Waals surface area contributed by atoms with Gasteiger partial charge in [-0.15, -0.1) is 0 Å². The maximum atomic E-state index is 11.2. The van der Waals surface area contributed by atoms with Crippen LogP contribution >= 0.6 is 15.9 Å². The minimum atomic E-state index is -0.284. The highest BCUT2D eigenvalue weighted by molar-refractivity contribution is 9.10. The number of hydrogen-bond acceptors (Lipinski definition) is 4. The van der Waals surface area contributed by atoms with E-state index in [0.29, 0.717) is 6.04 Å². The van der Waals surface area contributed by atoms with Gasteiger partial charge in [-0.2, -0.15) is 0 Å². The third kappa shape index (κ3) is 2.67. The molecule has 5 nitrogen and oxygen atoms in total. The number of anilines is 1. The molecule has 2 fully saturated rings. The first kappa shape index (κ1) is 13.8. The molecule has 0 radical (unpaired) electrons. The van der Waals surface area contributed by atoms with E-state index < -0.39 is 0 Å². The van der Waals surface area contributed by atoms with Crippen LogP contribution in [0.5, 0.6) is 0 Å². The Bertz CT molecular complexity index is 523. The zero-order valence-corrected chi connectivity index (χ0v) is 12.9. The molecule has 0 amide bonds. The molecular weight excluding hydrogens is 322 g/mol. The van der Waals surface area contributed by atoms with Gasteiger partial charge in [0.15, 0.2) is 0 Å². The van der Waals surface area contributed by atoms with Gasteiger partial charge in [0.2, 0.25) is 0 Å². The van der Waals surface area contributed by atoms with Gasteiger partial charge in [0, 0.05) is 36.2 Å². The summed E-state index contributed by atoms with van der Waals surface area (Å²) in [4.78, 5) is 15.7. The van der Waals surface area contributed by atoms with Crippen LogP contribution in [0.15, 0.2) is 22.7 Å². The predicted molar refractivity (Wildman–Crippen MR) is 82.2 cm³/mol. The SMILES string of the molecule is O=[N+]([O-])c1cc(Br)ccc1N1CCN2CCCCC2C1. The van der Waals surface area contributed by atoms with E-state index in [0.717, 1.165) is 29.8 Å². The second-order valence-corrected chi connectivity index (χ2v) is 6.44. The molecule has 1 unspecified atom stereocenters. The average Bonchev–Trinajstić information content (AvgIpc) is 2.46. The molecule has 0 aliphatic carbocycles. The quantitative estimate of drug-likeness (QED) is 0.613. The van der Waals surface area contributed by atoms with E-state index in [1.165, 1.54) is 25.8 Å². The van der Waals surface area contributed by atoms with E-state index in [2.05, 4.69) is 25.7 Å². The first-order chi connectivity index (χ1) is 9.65. The van der Waals surface area contributed by atoms with Crippen LogP contribution in [0.4, 0.5) is 11.4 Å². The Morgan fingerprint density at radius 3 is 2.90 bits per heavy atom. The number of fused-ring (bicyclic) bond motifs is 1. The van der Waals surface area contributed by atoms with E-state index in [4.69, 9.17) is 0 Å². The first-order valence-corrected chi connectivity index (χ1v) is 7.87. The van der Waals surface area contributed by atoms with Gasteiger partial charge in [0.1, 0.15) is 5.69 Å². The first-order valence-electron chi connectivity index (χ1n) is 7.08. The summed E-state index contributed by atoms with van der Waals surface area (Å²) in [7, 11) is 0. The van der Waals surface area contributed by atoms with Crippen molar-refractivity contribution in [1.82, 2.24) is 4.90 Å². The summed E-state index contributed by atoms with van der Waals surface area (Å²) in [6.07, 6.45) is 3.77. The van der Waals surface area contributed by atoms with Crippen molar-refractivity contribution in [3.63, 3.8) is 0 Å². The predicted octanol–water partition coefficient (Wildman–Crippen LogP) is 3.03. The molecule has 0 N–H and O–H groups in total. The molecule has 0 spiro atoms. The number of piperazine rings is 1. The monoisotopic (exact) mass is 339 g/mol. The van der Waals surface area contributed by atoms with Gasteiger partial charge >= 0.3 is 0 Å². The van der Waals surface area contributed by atoms with E-state index in [9.17, 15) is 10.1 Å². The molecule has 6 heteroatoms. The van der Waals surface area contributed by atoms with Crippen LogP contribution in [0, 0.1) is 10.1 Å². The van der Waals surface area contributed by atoms with Crippen molar-refractivity contribution < 1.29 is 4.92 Å². The van der Waals surface area contributed by atoms with Gasteiger partial charge in [-0.25, -0.2) is 0 Å². The van der Waals surface area contributed by atoms with Crippen LogP contribution in [-0.2, 0) is 0 Å². The maximum absolute atomic E-state index is 11.2. The van der Waals surface area contributed by atoms with Crippen LogP contribution in [0.2, 0.25) is 0 Å². The zero-order chi connectivity index (χ0) is 14.1. The molecule has 0 bridgehead atoms. The summed E-state index contributed by atoms with van der Waals surface area (Å²) >= 11 is 3.31. The Balaban J connectivity index is 1.84. The van der Waals surface area contributed by atoms with E-state index in [1.807, 2.05) is 12.1 Å². The standard InChI is InChI=1S/C14H18BrN3O2/c15-11-4-5-13(14(9-11)18(19)20)17-8-7-16-6-2-1-3-12(16)10-17/h4-5,9,12H,1-3,6-8,10H2. The Morgan fingerprint density at radius 2 is 2.10 bits per heavy atom. The molecule has 0 aromatic heterocycles. The summed E-state index contributed by atoms with van der Waals surface area (Å²) in [5.74, 6) is 0. The molecule has 1 atom stereocenters. The van der Waals surface area contributed by atoms with Gasteiger partial charge in [0.05, 0.1) is 4.92 Å². The highest BCUT2D eigenvalue weighted by Gasteiger charge is 2.31. The van der Waals surface area contributed by atoms with Crippen molar-refractivity contribution in [3.05, 3.63) is 32.8 Å². The molecule has 0 saturated carbocycles. The van der Waals surface area contributed by atoms with Crippen molar-refractivity contribution in [1.29, 1.82) is 0 Å². The largest absolute Gasteiger partial charge is 0.363 e. The molecule has 2 saturated heterocycles. The number of nitro benzene ring substituents is 1. The molecule has 2 aliphatic rings. The molecule has 2 heterocycles. The number of benzene rings is 1. The number of hydrogen-bond donors (Lipinski definition) is 0. The lowest BCUT2D eigenvalue weighted by Gasteiger charge is -2.44. The fourth-order valence-electron chi connectivity index (χ4n) is 3.29. The fourth-order valence-corrected chi connectivity index (χ4v) is 3.63. The van der Waals surface area contributed by atoms with Gasteiger partial charge in [-0.3, -0.25) is 15.0 Å². The molecular formula is C14H18BrN3O2. The second-order valence-electron chi connectivity index (χ2n) is 5.52. The smallest absolute Gasteiger partial charge is 0.293 e. The normalized spacial score (nSPS) is 23.4. The number of halogens is 1. The van der Waals surface area contributed by atoms with Crippen molar-refractivity contribution in [3.8, 4) is 0 Å². The van der Waals surface area contributed by atoms with Gasteiger partial charge in [-0.1, -0.05) is 22.4 Å². The van der Waals surface area contributed by atoms with Gasteiger partial charge in [-0.05, 0) is 31.5 Å². The van der Waals surface area contributed by atoms with Gasteiger partial charge in [0.25, 0.3) is 5.69 Å². The Morgan fingerprint density at radius 1 is 1.25 bits per heavy atom. The summed E-state index contributed by atoms with van der Waals surface area (Å²) in [5, 5.41) is 11.2. The Labute approximate surface area is 126 Å². The average molecular weight is 340 g/mol. The van der Waals surface area contributed by atoms with Crippen LogP contribution < -0.4 is 4.90 Å². The third-order valence-corrected chi connectivity index (χ3v) is 4.81. The van der Waals surface area contributed by atoms with E-state index in [-0.39, 0.29) is 10.6 Å². The Kier molecular flexibility index (Phi) is 3.94. The molecule has 20 heavy (non-hydrogen) atoms. The fraction of sp³-hybridized carbons (Fsp3) is 0.571. The number of piperidine rings is 1. The minimum Gasteiger partial charge on any atom is -0.363 e. The van der Waals surface area contributed by atoms with Crippen molar-refractivity contribution in [2.24, 2.45) is 0 Å². The lowest BCUT2D eigenvalue weighted by atomic mass is 9.99. The maximum Gasteiger partial charge on any atom is 0.293 e. The van der Waals surface area contributed by atoms with Crippen molar-refractivity contribution in [2.75, 3.05) is 31.1 Å². The van der Waals surface area contributed by atoms with E-state index >= 15 is 0 Å². The highest BCUT2D eigenvalue weighted by atomic mass is 79.9. The van der Waals surface area contributed by atoms with E-state index in [1.54, 1.807) is 6.07 Å². The minimum absolute atomic E-state index is 0.198. The number of rotatable bonds is 2. The summed E-state index contributed by atoms with van der Waals surface area (Å²) in [6.45, 7) is 3.97. The topological polar surface area (TPSA) is 49.6 Å². The summed E-state index contributed by atoms with van der Waals surface area (Å²) in [6, 6.07) is 5.90. The Hall–Kier alpha value is -1.14. The lowest BCUT2D eigenvalue weighted by molar-refractivity contribution is -0.384. The second kappa shape index (κ2) is 5.69. The summed E-state index contributed by atoms with van der Waals surface area (Å²) < 4.78 is 0.754.